The molecule has 1 aromatic heterocycles. The molecule has 1 N–H and O–H groups in total. The van der Waals surface area contributed by atoms with E-state index >= 15 is 0 Å². The molecule has 0 bridgehead atoms. The molecule has 0 amide bonds. The van der Waals surface area contributed by atoms with Crippen molar-refractivity contribution in [3.05, 3.63) is 80.2 Å². The molecule has 0 aliphatic heterocycles. The lowest BCUT2D eigenvalue weighted by Gasteiger charge is -2.25. The van der Waals surface area contributed by atoms with E-state index in [1.807, 2.05) is 32.0 Å². The van der Waals surface area contributed by atoms with Gasteiger partial charge in [0.05, 0.1) is 28.4 Å². The molecule has 5 nitrogen and oxygen atoms in total. The van der Waals surface area contributed by atoms with Crippen LogP contribution in [0.5, 0.6) is 0 Å². The summed E-state index contributed by atoms with van der Waals surface area (Å²) in [6.45, 7) is 6.41. The van der Waals surface area contributed by atoms with Gasteiger partial charge < -0.3 is 10.1 Å². The Bertz CT molecular complexity index is 1290. The molecule has 2 aromatic carbocycles. The minimum atomic E-state index is -4.52. The molecule has 1 heterocycles. The van der Waals surface area contributed by atoms with Crippen molar-refractivity contribution in [3.63, 3.8) is 0 Å². The second kappa shape index (κ2) is 10.0. The lowest BCUT2D eigenvalue weighted by atomic mass is 10.1. The van der Waals surface area contributed by atoms with Gasteiger partial charge in [-0.05, 0) is 49.6 Å². The van der Waals surface area contributed by atoms with Gasteiger partial charge in [0.2, 0.25) is 0 Å². The molecule has 1 aliphatic rings. The zero-order chi connectivity index (χ0) is 25.3. The summed E-state index contributed by atoms with van der Waals surface area (Å²) in [5.41, 5.74) is 2.25. The van der Waals surface area contributed by atoms with Gasteiger partial charge in [-0.1, -0.05) is 42.8 Å². The minimum Gasteiger partial charge on any atom is -0.376 e. The minimum absolute atomic E-state index is 0.113. The summed E-state index contributed by atoms with van der Waals surface area (Å²) >= 11 is 6.25. The van der Waals surface area contributed by atoms with Crippen molar-refractivity contribution in [3.8, 4) is 11.4 Å². The van der Waals surface area contributed by atoms with Crippen LogP contribution in [0.2, 0.25) is 5.02 Å². The molecule has 0 spiro atoms. The summed E-state index contributed by atoms with van der Waals surface area (Å²) in [4.78, 5) is 18.4. The summed E-state index contributed by atoms with van der Waals surface area (Å²) in [5, 5.41) is 3.30. The number of nitrogens with zero attached hydrogens (tertiary/aromatic N) is 2. The SMILES string of the molecule is CCO[C@H]1Cc2ccccc2[C@H]1Nc1c(CC)nc(-c2ccc(C(F)(F)F)cc2Cl)n(CC)c1=O. The Balaban J connectivity index is 1.81. The Morgan fingerprint density at radius 3 is 2.54 bits per heavy atom. The maximum atomic E-state index is 13.7. The highest BCUT2D eigenvalue weighted by Gasteiger charge is 2.35. The largest absolute Gasteiger partial charge is 0.416 e. The van der Waals surface area contributed by atoms with Crippen molar-refractivity contribution < 1.29 is 17.9 Å². The number of anilines is 1. The molecular formula is C26H27ClF3N3O2. The number of ether oxygens (including phenoxy) is 1. The van der Waals surface area contributed by atoms with E-state index in [9.17, 15) is 18.0 Å². The first-order valence-corrected chi connectivity index (χ1v) is 12.0. The first kappa shape index (κ1) is 25.3. The first-order valence-electron chi connectivity index (χ1n) is 11.7. The number of nitrogens with one attached hydrogen (secondary N) is 1. The van der Waals surface area contributed by atoms with Crippen LogP contribution in [0.4, 0.5) is 18.9 Å². The number of rotatable bonds is 7. The van der Waals surface area contributed by atoms with E-state index in [0.29, 0.717) is 24.4 Å². The van der Waals surface area contributed by atoms with Crippen LogP contribution in [0.15, 0.2) is 47.3 Å². The quantitative estimate of drug-likeness (QED) is 0.410. The monoisotopic (exact) mass is 505 g/mol. The highest BCUT2D eigenvalue weighted by atomic mass is 35.5. The number of halogens is 4. The number of hydrogen-bond acceptors (Lipinski definition) is 4. The van der Waals surface area contributed by atoms with E-state index in [0.717, 1.165) is 24.1 Å². The number of benzene rings is 2. The Kier molecular flexibility index (Phi) is 7.24. The smallest absolute Gasteiger partial charge is 0.376 e. The van der Waals surface area contributed by atoms with Gasteiger partial charge in [0.1, 0.15) is 11.5 Å². The predicted octanol–water partition coefficient (Wildman–Crippen LogP) is 6.28. The van der Waals surface area contributed by atoms with E-state index in [4.69, 9.17) is 21.3 Å². The zero-order valence-corrected chi connectivity index (χ0v) is 20.5. The molecule has 9 heteroatoms. The van der Waals surface area contributed by atoms with Crippen LogP contribution in [0.1, 0.15) is 49.2 Å². The second-order valence-corrected chi connectivity index (χ2v) is 8.78. The first-order chi connectivity index (χ1) is 16.7. The third-order valence-electron chi connectivity index (χ3n) is 6.30. The summed E-state index contributed by atoms with van der Waals surface area (Å²) in [6.07, 6.45) is -3.48. The van der Waals surface area contributed by atoms with E-state index < -0.39 is 11.7 Å². The van der Waals surface area contributed by atoms with Crippen LogP contribution in [-0.2, 0) is 30.3 Å². The number of hydrogen-bond donors (Lipinski definition) is 1. The molecule has 2 atom stereocenters. The predicted molar refractivity (Wildman–Crippen MR) is 131 cm³/mol. The van der Waals surface area contributed by atoms with Gasteiger partial charge in [-0.15, -0.1) is 0 Å². The van der Waals surface area contributed by atoms with Gasteiger partial charge in [-0.25, -0.2) is 4.98 Å². The zero-order valence-electron chi connectivity index (χ0n) is 19.7. The van der Waals surface area contributed by atoms with Crippen LogP contribution in [0.3, 0.4) is 0 Å². The van der Waals surface area contributed by atoms with E-state index in [-0.39, 0.29) is 40.7 Å². The maximum absolute atomic E-state index is 13.7. The number of alkyl halides is 3. The molecule has 3 aromatic rings. The molecular weight excluding hydrogens is 479 g/mol. The third kappa shape index (κ3) is 4.82. The summed E-state index contributed by atoms with van der Waals surface area (Å²) < 4.78 is 46.8. The van der Waals surface area contributed by atoms with Gasteiger partial charge in [0, 0.05) is 25.1 Å². The molecule has 0 saturated carbocycles. The van der Waals surface area contributed by atoms with Crippen LogP contribution in [0, 0.1) is 0 Å². The molecule has 0 radical (unpaired) electrons. The topological polar surface area (TPSA) is 56.1 Å². The van der Waals surface area contributed by atoms with Gasteiger partial charge in [-0.3, -0.25) is 9.36 Å². The number of fused-ring (bicyclic) bond motifs is 1. The van der Waals surface area contributed by atoms with Gasteiger partial charge >= 0.3 is 6.18 Å². The lowest BCUT2D eigenvalue weighted by Crippen LogP contribution is -2.32. The van der Waals surface area contributed by atoms with Crippen molar-refractivity contribution in [2.45, 2.75) is 58.5 Å². The average molecular weight is 506 g/mol. The fourth-order valence-corrected chi connectivity index (χ4v) is 4.89. The molecule has 4 rings (SSSR count). The maximum Gasteiger partial charge on any atom is 0.416 e. The molecule has 0 fully saturated rings. The van der Waals surface area contributed by atoms with Crippen LogP contribution in [-0.4, -0.2) is 22.3 Å². The average Bonchev–Trinajstić information content (AvgIpc) is 3.16. The van der Waals surface area contributed by atoms with E-state index in [1.54, 1.807) is 6.92 Å². The van der Waals surface area contributed by atoms with Crippen molar-refractivity contribution >= 4 is 17.3 Å². The van der Waals surface area contributed by atoms with Crippen LogP contribution >= 0.6 is 11.6 Å². The lowest BCUT2D eigenvalue weighted by molar-refractivity contribution is -0.137. The van der Waals surface area contributed by atoms with Gasteiger partial charge in [0.25, 0.3) is 5.56 Å². The Morgan fingerprint density at radius 1 is 1.17 bits per heavy atom. The molecule has 1 aliphatic carbocycles. The van der Waals surface area contributed by atoms with Gasteiger partial charge in [-0.2, -0.15) is 13.2 Å². The van der Waals surface area contributed by atoms with Crippen LogP contribution < -0.4 is 10.9 Å². The van der Waals surface area contributed by atoms with Crippen molar-refractivity contribution in [2.24, 2.45) is 0 Å². The van der Waals surface area contributed by atoms with Gasteiger partial charge in [0.15, 0.2) is 0 Å². The normalized spacial score (nSPS) is 17.5. The van der Waals surface area contributed by atoms with Crippen molar-refractivity contribution in [2.75, 3.05) is 11.9 Å². The van der Waals surface area contributed by atoms with Crippen molar-refractivity contribution in [1.29, 1.82) is 0 Å². The fourth-order valence-electron chi connectivity index (χ4n) is 4.63. The third-order valence-corrected chi connectivity index (χ3v) is 6.61. The number of aromatic nitrogens is 2. The summed E-state index contributed by atoms with van der Waals surface area (Å²) in [5.74, 6) is 0.242. The molecule has 0 unspecified atom stereocenters. The Labute approximate surface area is 206 Å². The fraction of sp³-hybridized carbons (Fsp3) is 0.385. The molecule has 186 valence electrons. The highest BCUT2D eigenvalue weighted by Crippen LogP contribution is 2.37. The van der Waals surface area contributed by atoms with Crippen LogP contribution in [0.25, 0.3) is 11.4 Å². The molecule has 0 saturated heterocycles. The standard InChI is InChI=1S/C26H27ClF3N3O2/c1-4-20-23(32-22-17-10-8-7-9-15(17)13-21(22)35-6-3)25(34)33(5-2)24(31-20)18-12-11-16(14-19(18)27)26(28,29)30/h7-12,14,21-22,32H,4-6,13H2,1-3H3/t21-,22+/m0/s1. The Morgan fingerprint density at radius 2 is 1.91 bits per heavy atom. The van der Waals surface area contributed by atoms with Crippen molar-refractivity contribution in [1.82, 2.24) is 9.55 Å². The Hall–Kier alpha value is -2.84. The summed E-state index contributed by atoms with van der Waals surface area (Å²) in [7, 11) is 0. The van der Waals surface area contributed by atoms with E-state index in [2.05, 4.69) is 11.4 Å². The highest BCUT2D eigenvalue weighted by molar-refractivity contribution is 6.33. The summed E-state index contributed by atoms with van der Waals surface area (Å²) in [6, 6.07) is 10.9. The number of aryl methyl sites for hydroxylation is 1. The second-order valence-electron chi connectivity index (χ2n) is 8.37. The van der Waals surface area contributed by atoms with E-state index in [1.165, 1.54) is 16.2 Å². The molecule has 35 heavy (non-hydrogen) atoms.